The fourth-order valence-electron chi connectivity index (χ4n) is 2.13. The smallest absolute Gasteiger partial charge is 0.273 e. The molecule has 2 rings (SSSR count). The summed E-state index contributed by atoms with van der Waals surface area (Å²) in [5.74, 6) is -1.00. The first-order valence-electron chi connectivity index (χ1n) is 5.81. The average Bonchev–Trinajstić information content (AvgIpc) is 2.46. The number of benzene rings is 1. The SMILES string of the molecule is N#CC1=C(N)SC(N)=C(C#N)C1c1cc(Cl)ccc1[N+](=O)[O-]. The third-order valence-electron chi connectivity index (χ3n) is 3.07. The third-order valence-corrected chi connectivity index (χ3v) is 4.18. The molecule has 7 nitrogen and oxygen atoms in total. The second-order valence-corrected chi connectivity index (χ2v) is 5.79. The highest BCUT2D eigenvalue weighted by Gasteiger charge is 2.35. The number of halogens is 1. The van der Waals surface area contributed by atoms with Gasteiger partial charge >= 0.3 is 0 Å². The number of nitro groups is 1. The molecular formula is C13H8ClN5O2S. The summed E-state index contributed by atoms with van der Waals surface area (Å²) in [5, 5.41) is 30.3. The molecule has 0 bridgehead atoms. The van der Waals surface area contributed by atoms with Crippen molar-refractivity contribution < 1.29 is 4.92 Å². The van der Waals surface area contributed by atoms with Gasteiger partial charge in [-0.1, -0.05) is 23.4 Å². The van der Waals surface area contributed by atoms with Gasteiger partial charge < -0.3 is 11.5 Å². The van der Waals surface area contributed by atoms with Crippen molar-refractivity contribution >= 4 is 29.1 Å². The lowest BCUT2D eigenvalue weighted by Gasteiger charge is -2.23. The summed E-state index contributed by atoms with van der Waals surface area (Å²) < 4.78 is 0. The summed E-state index contributed by atoms with van der Waals surface area (Å²) in [6.07, 6.45) is 0. The fourth-order valence-corrected chi connectivity index (χ4v) is 3.09. The number of nitriles is 2. The van der Waals surface area contributed by atoms with Gasteiger partial charge in [0.15, 0.2) is 0 Å². The summed E-state index contributed by atoms with van der Waals surface area (Å²) in [6, 6.07) is 7.72. The third kappa shape index (κ3) is 2.58. The first kappa shape index (κ1) is 15.7. The van der Waals surface area contributed by atoms with E-state index in [0.29, 0.717) is 0 Å². The maximum absolute atomic E-state index is 11.2. The molecule has 1 aliphatic heterocycles. The number of nitro benzene ring substituents is 1. The molecule has 0 aromatic heterocycles. The molecular weight excluding hydrogens is 326 g/mol. The Bertz CT molecular complexity index is 783. The minimum absolute atomic E-state index is 0.0427. The zero-order chi connectivity index (χ0) is 16.4. The number of hydrogen-bond acceptors (Lipinski definition) is 7. The molecule has 0 fully saturated rings. The lowest BCUT2D eigenvalue weighted by molar-refractivity contribution is -0.385. The molecule has 0 aliphatic carbocycles. The van der Waals surface area contributed by atoms with Gasteiger partial charge in [0, 0.05) is 16.7 Å². The molecule has 0 saturated carbocycles. The van der Waals surface area contributed by atoms with E-state index in [1.54, 1.807) is 0 Å². The van der Waals surface area contributed by atoms with Crippen LogP contribution in [0, 0.1) is 32.8 Å². The van der Waals surface area contributed by atoms with Crippen molar-refractivity contribution in [3.63, 3.8) is 0 Å². The highest BCUT2D eigenvalue weighted by atomic mass is 35.5. The zero-order valence-electron chi connectivity index (χ0n) is 10.9. The van der Waals surface area contributed by atoms with Crippen LogP contribution < -0.4 is 11.5 Å². The summed E-state index contributed by atoms with van der Waals surface area (Å²) in [7, 11) is 0. The number of rotatable bonds is 2. The van der Waals surface area contributed by atoms with E-state index in [9.17, 15) is 20.6 Å². The van der Waals surface area contributed by atoms with Gasteiger partial charge in [0.05, 0.1) is 44.2 Å². The summed E-state index contributed by atoms with van der Waals surface area (Å²) in [4.78, 5) is 10.6. The molecule has 0 amide bonds. The molecule has 0 radical (unpaired) electrons. The summed E-state index contributed by atoms with van der Waals surface area (Å²) >= 11 is 6.80. The van der Waals surface area contributed by atoms with Gasteiger partial charge in [0.25, 0.3) is 5.69 Å². The molecule has 4 N–H and O–H groups in total. The summed E-state index contributed by atoms with van der Waals surface area (Å²) in [5.41, 5.74) is 11.5. The average molecular weight is 334 g/mol. The van der Waals surface area contributed by atoms with Crippen molar-refractivity contribution in [2.45, 2.75) is 5.92 Å². The topological polar surface area (TPSA) is 143 Å². The van der Waals surface area contributed by atoms with Crippen LogP contribution >= 0.6 is 23.4 Å². The maximum Gasteiger partial charge on any atom is 0.273 e. The minimum Gasteiger partial charge on any atom is -0.392 e. The van der Waals surface area contributed by atoms with Crippen LogP contribution in [0.5, 0.6) is 0 Å². The molecule has 1 aromatic rings. The van der Waals surface area contributed by atoms with E-state index in [-0.39, 0.29) is 37.5 Å². The molecule has 0 atom stereocenters. The summed E-state index contributed by atoms with van der Waals surface area (Å²) in [6.45, 7) is 0. The van der Waals surface area contributed by atoms with E-state index in [4.69, 9.17) is 23.1 Å². The Morgan fingerprint density at radius 2 is 1.77 bits per heavy atom. The highest BCUT2D eigenvalue weighted by molar-refractivity contribution is 8.06. The molecule has 1 heterocycles. The maximum atomic E-state index is 11.2. The largest absolute Gasteiger partial charge is 0.392 e. The minimum atomic E-state index is -1.00. The molecule has 110 valence electrons. The van der Waals surface area contributed by atoms with E-state index >= 15 is 0 Å². The number of nitrogens with two attached hydrogens (primary N) is 2. The van der Waals surface area contributed by atoms with E-state index in [1.807, 2.05) is 12.1 Å². The standard InChI is InChI=1S/C13H8ClN5O2S/c14-6-1-2-10(19(20)21)7(3-6)11-8(4-15)12(17)22-13(18)9(11)5-16/h1-3,11H,17-18H2. The first-order chi connectivity index (χ1) is 10.4. The van der Waals surface area contributed by atoms with Crippen molar-refractivity contribution in [1.82, 2.24) is 0 Å². The molecule has 1 aliphatic rings. The van der Waals surface area contributed by atoms with Gasteiger partial charge in [0.2, 0.25) is 0 Å². The Labute approximate surface area is 134 Å². The van der Waals surface area contributed by atoms with Gasteiger partial charge in [-0.2, -0.15) is 10.5 Å². The van der Waals surface area contributed by atoms with Crippen LogP contribution in [0.1, 0.15) is 11.5 Å². The zero-order valence-corrected chi connectivity index (χ0v) is 12.5. The van der Waals surface area contributed by atoms with Crippen molar-refractivity contribution in [1.29, 1.82) is 10.5 Å². The second-order valence-electron chi connectivity index (χ2n) is 4.27. The van der Waals surface area contributed by atoms with Gasteiger partial charge in [-0.15, -0.1) is 0 Å². The molecule has 0 unspecified atom stereocenters. The van der Waals surface area contributed by atoms with Crippen LogP contribution in [0.15, 0.2) is 39.4 Å². The van der Waals surface area contributed by atoms with Crippen molar-refractivity contribution in [3.05, 3.63) is 60.1 Å². The molecule has 9 heteroatoms. The number of allylic oxidation sites excluding steroid dienone is 2. The predicted octanol–water partition coefficient (Wildman–Crippen LogP) is 2.47. The van der Waals surface area contributed by atoms with Crippen LogP contribution in [0.3, 0.4) is 0 Å². The normalized spacial score (nSPS) is 15.4. The van der Waals surface area contributed by atoms with Crippen LogP contribution in [-0.4, -0.2) is 4.92 Å². The Morgan fingerprint density at radius 1 is 1.23 bits per heavy atom. The van der Waals surface area contributed by atoms with E-state index in [0.717, 1.165) is 11.8 Å². The van der Waals surface area contributed by atoms with Crippen LogP contribution in [-0.2, 0) is 0 Å². The highest BCUT2D eigenvalue weighted by Crippen LogP contribution is 2.45. The van der Waals surface area contributed by atoms with Crippen molar-refractivity contribution in [2.24, 2.45) is 11.5 Å². The van der Waals surface area contributed by atoms with Crippen molar-refractivity contribution in [2.75, 3.05) is 0 Å². The van der Waals surface area contributed by atoms with E-state index < -0.39 is 10.8 Å². The lowest BCUT2D eigenvalue weighted by Crippen LogP contribution is -2.19. The van der Waals surface area contributed by atoms with Crippen LogP contribution in [0.4, 0.5) is 5.69 Å². The Balaban J connectivity index is 2.80. The predicted molar refractivity (Wildman–Crippen MR) is 82.1 cm³/mol. The monoisotopic (exact) mass is 333 g/mol. The van der Waals surface area contributed by atoms with E-state index in [2.05, 4.69) is 0 Å². The molecule has 0 spiro atoms. The second kappa shape index (κ2) is 5.98. The van der Waals surface area contributed by atoms with Crippen LogP contribution in [0.25, 0.3) is 0 Å². The molecule has 22 heavy (non-hydrogen) atoms. The number of thioether (sulfide) groups is 1. The first-order valence-corrected chi connectivity index (χ1v) is 7.01. The Hall–Kier alpha value is -2.68. The molecule has 1 aromatic carbocycles. The van der Waals surface area contributed by atoms with Gasteiger partial charge in [-0.25, -0.2) is 0 Å². The van der Waals surface area contributed by atoms with Gasteiger partial charge in [-0.05, 0) is 12.1 Å². The Morgan fingerprint density at radius 3 is 2.23 bits per heavy atom. The van der Waals surface area contributed by atoms with Gasteiger partial charge in [-0.3, -0.25) is 10.1 Å². The van der Waals surface area contributed by atoms with E-state index in [1.165, 1.54) is 18.2 Å². The quantitative estimate of drug-likeness (QED) is 0.624. The lowest BCUT2D eigenvalue weighted by atomic mass is 9.85. The fraction of sp³-hybridized carbons (Fsp3) is 0.0769. The Kier molecular flexibility index (Phi) is 4.27. The van der Waals surface area contributed by atoms with Gasteiger partial charge in [0.1, 0.15) is 0 Å². The number of nitrogens with zero attached hydrogens (tertiary/aromatic N) is 3. The van der Waals surface area contributed by atoms with Crippen molar-refractivity contribution in [3.8, 4) is 12.1 Å². The molecule has 0 saturated heterocycles. The number of hydrogen-bond donors (Lipinski definition) is 2. The van der Waals surface area contributed by atoms with Crippen LogP contribution in [0.2, 0.25) is 5.02 Å².